The first kappa shape index (κ1) is 11.5. The Morgan fingerprint density at radius 1 is 1.18 bits per heavy atom. The molecule has 1 aromatic heterocycles. The maximum atomic E-state index is 12.7. The van der Waals surface area contributed by atoms with Gasteiger partial charge in [0.1, 0.15) is 11.5 Å². The molecule has 2 rings (SSSR count). The lowest BCUT2D eigenvalue weighted by molar-refractivity contribution is 0.103. The molecular formula is C14H12FNO. The zero-order valence-corrected chi connectivity index (χ0v) is 9.70. The van der Waals surface area contributed by atoms with Gasteiger partial charge in [0.2, 0.25) is 5.78 Å². The Hall–Kier alpha value is -2.03. The fourth-order valence-electron chi connectivity index (χ4n) is 1.65. The van der Waals surface area contributed by atoms with Crippen molar-refractivity contribution in [2.45, 2.75) is 13.8 Å². The Morgan fingerprint density at radius 2 is 1.94 bits per heavy atom. The van der Waals surface area contributed by atoms with Crippen molar-refractivity contribution in [3.8, 4) is 0 Å². The van der Waals surface area contributed by atoms with Crippen LogP contribution in [-0.4, -0.2) is 10.8 Å². The minimum atomic E-state index is -0.442. The molecule has 1 heterocycles. The van der Waals surface area contributed by atoms with Crippen molar-refractivity contribution >= 4 is 5.78 Å². The molecule has 0 N–H and O–H groups in total. The van der Waals surface area contributed by atoms with Gasteiger partial charge < -0.3 is 0 Å². The van der Waals surface area contributed by atoms with Gasteiger partial charge in [-0.15, -0.1) is 0 Å². The second kappa shape index (κ2) is 4.45. The highest BCUT2D eigenvalue weighted by atomic mass is 19.1. The van der Waals surface area contributed by atoms with E-state index in [1.54, 1.807) is 6.07 Å². The van der Waals surface area contributed by atoms with Gasteiger partial charge in [-0.05, 0) is 37.1 Å². The minimum absolute atomic E-state index is 0.175. The fraction of sp³-hybridized carbons (Fsp3) is 0.143. The summed E-state index contributed by atoms with van der Waals surface area (Å²) < 4.78 is 12.7. The van der Waals surface area contributed by atoms with E-state index in [1.165, 1.54) is 12.1 Å². The highest BCUT2D eigenvalue weighted by Gasteiger charge is 2.13. The lowest BCUT2D eigenvalue weighted by Crippen LogP contribution is -2.06. The number of hydrogen-bond donors (Lipinski definition) is 0. The Kier molecular flexibility index (Phi) is 3.00. The number of aryl methyl sites for hydroxylation is 1. The number of hydrogen-bond acceptors (Lipinski definition) is 2. The summed E-state index contributed by atoms with van der Waals surface area (Å²) in [6.45, 7) is 3.84. The van der Waals surface area contributed by atoms with Gasteiger partial charge >= 0.3 is 0 Å². The van der Waals surface area contributed by atoms with E-state index in [1.807, 2.05) is 26.0 Å². The molecule has 17 heavy (non-hydrogen) atoms. The van der Waals surface area contributed by atoms with Crippen LogP contribution >= 0.6 is 0 Å². The number of benzene rings is 1. The SMILES string of the molecule is Cc1cccc(C(=O)c2ccc(F)cn2)c1C. The highest BCUT2D eigenvalue weighted by molar-refractivity contribution is 6.08. The summed E-state index contributed by atoms with van der Waals surface area (Å²) >= 11 is 0. The molecule has 0 saturated heterocycles. The van der Waals surface area contributed by atoms with Gasteiger partial charge in [0.15, 0.2) is 0 Å². The first-order valence-corrected chi connectivity index (χ1v) is 5.32. The van der Waals surface area contributed by atoms with Crippen molar-refractivity contribution in [3.05, 3.63) is 64.7 Å². The number of ketones is 1. The van der Waals surface area contributed by atoms with Gasteiger partial charge in [-0.3, -0.25) is 4.79 Å². The average molecular weight is 229 g/mol. The van der Waals surface area contributed by atoms with Crippen LogP contribution in [0.2, 0.25) is 0 Å². The Bertz CT molecular complexity index is 561. The Labute approximate surface area is 99.1 Å². The molecule has 0 amide bonds. The Morgan fingerprint density at radius 3 is 2.59 bits per heavy atom. The predicted molar refractivity (Wildman–Crippen MR) is 63.5 cm³/mol. The van der Waals surface area contributed by atoms with Crippen molar-refractivity contribution in [2.75, 3.05) is 0 Å². The third kappa shape index (κ3) is 2.23. The summed E-state index contributed by atoms with van der Waals surface area (Å²) in [4.78, 5) is 15.9. The third-order valence-electron chi connectivity index (χ3n) is 2.81. The molecule has 1 aromatic carbocycles. The van der Waals surface area contributed by atoms with E-state index >= 15 is 0 Å². The summed E-state index contributed by atoms with van der Waals surface area (Å²) in [6.07, 6.45) is 1.05. The van der Waals surface area contributed by atoms with Gasteiger partial charge in [0.05, 0.1) is 6.20 Å². The topological polar surface area (TPSA) is 30.0 Å². The minimum Gasteiger partial charge on any atom is -0.287 e. The molecule has 0 fully saturated rings. The maximum absolute atomic E-state index is 12.7. The number of aromatic nitrogens is 1. The van der Waals surface area contributed by atoms with Crippen LogP contribution in [0, 0.1) is 19.7 Å². The Balaban J connectivity index is 2.44. The lowest BCUT2D eigenvalue weighted by Gasteiger charge is -2.06. The van der Waals surface area contributed by atoms with Crippen LogP contribution < -0.4 is 0 Å². The van der Waals surface area contributed by atoms with Crippen molar-refractivity contribution in [1.29, 1.82) is 0 Å². The molecule has 0 aliphatic rings. The van der Waals surface area contributed by atoms with Crippen LogP contribution in [0.3, 0.4) is 0 Å². The first-order valence-electron chi connectivity index (χ1n) is 5.32. The normalized spacial score (nSPS) is 10.3. The second-order valence-corrected chi connectivity index (χ2v) is 3.94. The predicted octanol–water partition coefficient (Wildman–Crippen LogP) is 3.07. The number of carbonyl (C=O) groups excluding carboxylic acids is 1. The van der Waals surface area contributed by atoms with Gasteiger partial charge in [-0.25, -0.2) is 9.37 Å². The molecule has 0 aliphatic carbocycles. The first-order chi connectivity index (χ1) is 8.09. The smallest absolute Gasteiger partial charge is 0.211 e. The third-order valence-corrected chi connectivity index (χ3v) is 2.81. The fourth-order valence-corrected chi connectivity index (χ4v) is 1.65. The highest BCUT2D eigenvalue weighted by Crippen LogP contribution is 2.16. The quantitative estimate of drug-likeness (QED) is 0.741. The standard InChI is InChI=1S/C14H12FNO/c1-9-4-3-5-12(10(9)2)14(17)13-7-6-11(15)8-16-13/h3-8H,1-2H3. The van der Waals surface area contributed by atoms with E-state index < -0.39 is 5.82 Å². The van der Waals surface area contributed by atoms with Crippen LogP contribution in [0.1, 0.15) is 27.2 Å². The van der Waals surface area contributed by atoms with Crippen LogP contribution in [0.5, 0.6) is 0 Å². The van der Waals surface area contributed by atoms with Gasteiger partial charge in [-0.2, -0.15) is 0 Å². The van der Waals surface area contributed by atoms with E-state index in [4.69, 9.17) is 0 Å². The molecule has 86 valence electrons. The number of pyridine rings is 1. The average Bonchev–Trinajstić information content (AvgIpc) is 2.33. The van der Waals surface area contributed by atoms with Crippen LogP contribution in [0.4, 0.5) is 4.39 Å². The van der Waals surface area contributed by atoms with Crippen LogP contribution in [0.15, 0.2) is 36.5 Å². The van der Waals surface area contributed by atoms with Crippen molar-refractivity contribution in [2.24, 2.45) is 0 Å². The summed E-state index contributed by atoms with van der Waals surface area (Å²) in [5.41, 5.74) is 2.87. The van der Waals surface area contributed by atoms with Gasteiger partial charge in [0, 0.05) is 5.56 Å². The summed E-state index contributed by atoms with van der Waals surface area (Å²) in [6, 6.07) is 8.18. The molecule has 2 aromatic rings. The zero-order valence-electron chi connectivity index (χ0n) is 9.70. The lowest BCUT2D eigenvalue weighted by atomic mass is 9.98. The second-order valence-electron chi connectivity index (χ2n) is 3.94. The number of halogens is 1. The number of carbonyl (C=O) groups is 1. The van der Waals surface area contributed by atoms with E-state index in [-0.39, 0.29) is 11.5 Å². The monoisotopic (exact) mass is 229 g/mol. The molecule has 0 bridgehead atoms. The van der Waals surface area contributed by atoms with E-state index in [0.29, 0.717) is 5.56 Å². The van der Waals surface area contributed by atoms with Crippen molar-refractivity contribution in [1.82, 2.24) is 4.98 Å². The van der Waals surface area contributed by atoms with E-state index in [0.717, 1.165) is 17.3 Å². The number of nitrogens with zero attached hydrogens (tertiary/aromatic N) is 1. The molecule has 0 unspecified atom stereocenters. The van der Waals surface area contributed by atoms with Crippen LogP contribution in [0.25, 0.3) is 0 Å². The molecular weight excluding hydrogens is 217 g/mol. The van der Waals surface area contributed by atoms with Crippen LogP contribution in [-0.2, 0) is 0 Å². The summed E-state index contributed by atoms with van der Waals surface area (Å²) in [5, 5.41) is 0. The molecule has 0 saturated carbocycles. The largest absolute Gasteiger partial charge is 0.287 e. The van der Waals surface area contributed by atoms with Gasteiger partial charge in [0.25, 0.3) is 0 Å². The molecule has 0 spiro atoms. The van der Waals surface area contributed by atoms with Crippen molar-refractivity contribution < 1.29 is 9.18 Å². The van der Waals surface area contributed by atoms with E-state index in [2.05, 4.69) is 4.98 Å². The summed E-state index contributed by atoms with van der Waals surface area (Å²) in [5.74, 6) is -0.617. The molecule has 0 radical (unpaired) electrons. The molecule has 0 aliphatic heterocycles. The molecule has 3 heteroatoms. The maximum Gasteiger partial charge on any atom is 0.211 e. The van der Waals surface area contributed by atoms with Gasteiger partial charge in [-0.1, -0.05) is 18.2 Å². The van der Waals surface area contributed by atoms with E-state index in [9.17, 15) is 9.18 Å². The molecule has 2 nitrogen and oxygen atoms in total. The zero-order chi connectivity index (χ0) is 12.4. The summed E-state index contributed by atoms with van der Waals surface area (Å²) in [7, 11) is 0. The molecule has 0 atom stereocenters. The van der Waals surface area contributed by atoms with Crippen molar-refractivity contribution in [3.63, 3.8) is 0 Å². The number of rotatable bonds is 2.